The Hall–Kier alpha value is -3.09. The number of hydrogen-bond donors (Lipinski definition) is 2. The maximum absolute atomic E-state index is 12.4. The van der Waals surface area contributed by atoms with Gasteiger partial charge in [0.25, 0.3) is 0 Å². The zero-order chi connectivity index (χ0) is 23.1. The molecule has 2 heterocycles. The van der Waals surface area contributed by atoms with Crippen LogP contribution in [0.5, 0.6) is 11.5 Å². The number of hydrogen-bond acceptors (Lipinski definition) is 9. The fraction of sp³-hybridized carbons (Fsp3) is 0. The molecule has 166 valence electrons. The summed E-state index contributed by atoms with van der Waals surface area (Å²) in [6.07, 6.45) is 2.61. The lowest BCUT2D eigenvalue weighted by atomic mass is 10.2. The minimum atomic E-state index is -3.90. The molecular formula is C18H15N4O7PS2. The summed E-state index contributed by atoms with van der Waals surface area (Å²) in [7, 11) is -10.9. The predicted octanol–water partition coefficient (Wildman–Crippen LogP) is 1.93. The molecular weight excluding hydrogens is 479 g/mol. The van der Waals surface area contributed by atoms with E-state index in [-0.39, 0.29) is 21.3 Å². The van der Waals surface area contributed by atoms with Gasteiger partial charge in [0.2, 0.25) is 20.0 Å². The summed E-state index contributed by atoms with van der Waals surface area (Å²) in [5.41, 5.74) is 0.962. The van der Waals surface area contributed by atoms with Crippen molar-refractivity contribution in [3.63, 3.8) is 0 Å². The third kappa shape index (κ3) is 4.87. The summed E-state index contributed by atoms with van der Waals surface area (Å²) in [6, 6.07) is 11.1. The van der Waals surface area contributed by atoms with Crippen molar-refractivity contribution in [3.8, 4) is 11.5 Å². The molecule has 0 unspecified atom stereocenters. The van der Waals surface area contributed by atoms with E-state index in [2.05, 4.69) is 9.97 Å². The number of rotatable bonds is 6. The van der Waals surface area contributed by atoms with Gasteiger partial charge in [0.15, 0.2) is 0 Å². The largest absolute Gasteiger partial charge is 0.419 e. The standard InChI is InChI=1S/C18H15N4O7PS2/c19-31(24,25)15-1-3-17-11(7-15)5-13(9-21-17)28-30(23)29-14-6-12-8-16(32(20,26)27)2-4-18(12)22-10-14/h1-10,30H,(H2,19,24,25)(H2,20,26,27). The number of primary sulfonamides is 2. The Morgan fingerprint density at radius 2 is 1.09 bits per heavy atom. The second-order valence-corrected chi connectivity index (χ2v) is 10.6. The average molecular weight is 494 g/mol. The van der Waals surface area contributed by atoms with Gasteiger partial charge in [-0.2, -0.15) is 0 Å². The van der Waals surface area contributed by atoms with Crippen LogP contribution < -0.4 is 19.3 Å². The first-order chi connectivity index (χ1) is 15.0. The number of aromatic nitrogens is 2. The molecule has 4 N–H and O–H groups in total. The average Bonchev–Trinajstić information content (AvgIpc) is 2.71. The Kier molecular flexibility index (Phi) is 5.61. The lowest BCUT2D eigenvalue weighted by molar-refractivity contribution is 0.415. The van der Waals surface area contributed by atoms with Crippen molar-refractivity contribution in [2.45, 2.75) is 9.79 Å². The second-order valence-electron chi connectivity index (χ2n) is 6.60. The maximum Gasteiger partial charge on any atom is 0.419 e. The minimum Gasteiger partial charge on any atom is -0.416 e. The van der Waals surface area contributed by atoms with E-state index < -0.39 is 28.3 Å². The number of nitrogens with two attached hydrogens (primary N) is 2. The molecule has 2 aromatic heterocycles. The second kappa shape index (κ2) is 8.11. The molecule has 0 amide bonds. The van der Waals surface area contributed by atoms with E-state index in [0.29, 0.717) is 21.8 Å². The SMILES string of the molecule is NS(=O)(=O)c1ccc2ncc(O[PH](=O)Oc3cnc4ccc(S(N)(=O)=O)cc4c3)cc2c1. The predicted molar refractivity (Wildman–Crippen MR) is 116 cm³/mol. The van der Waals surface area contributed by atoms with Crippen molar-refractivity contribution in [1.29, 1.82) is 0 Å². The first-order valence-electron chi connectivity index (χ1n) is 8.74. The van der Waals surface area contributed by atoms with Crippen molar-refractivity contribution in [2.75, 3.05) is 0 Å². The van der Waals surface area contributed by atoms with Crippen LogP contribution in [0.4, 0.5) is 0 Å². The van der Waals surface area contributed by atoms with Crippen LogP contribution in [-0.4, -0.2) is 26.8 Å². The Morgan fingerprint density at radius 3 is 1.47 bits per heavy atom. The molecule has 4 aromatic rings. The molecule has 0 fully saturated rings. The van der Waals surface area contributed by atoms with Gasteiger partial charge in [-0.3, -0.25) is 9.97 Å². The zero-order valence-electron chi connectivity index (χ0n) is 16.0. The first-order valence-corrected chi connectivity index (χ1v) is 13.1. The highest BCUT2D eigenvalue weighted by Gasteiger charge is 2.12. The Bertz CT molecular complexity index is 1490. The Balaban J connectivity index is 1.56. The molecule has 0 bridgehead atoms. The number of benzene rings is 2. The summed E-state index contributed by atoms with van der Waals surface area (Å²) in [5, 5.41) is 11.1. The smallest absolute Gasteiger partial charge is 0.416 e. The quantitative estimate of drug-likeness (QED) is 0.378. The van der Waals surface area contributed by atoms with Crippen LogP contribution in [0, 0.1) is 0 Å². The van der Waals surface area contributed by atoms with Crippen molar-refractivity contribution in [3.05, 3.63) is 60.9 Å². The van der Waals surface area contributed by atoms with Gasteiger partial charge in [-0.15, -0.1) is 0 Å². The van der Waals surface area contributed by atoms with Crippen LogP contribution in [-0.2, 0) is 24.6 Å². The van der Waals surface area contributed by atoms with E-state index in [1.165, 1.54) is 60.9 Å². The highest BCUT2D eigenvalue weighted by atomic mass is 32.2. The van der Waals surface area contributed by atoms with Crippen molar-refractivity contribution >= 4 is 50.1 Å². The van der Waals surface area contributed by atoms with Gasteiger partial charge in [-0.25, -0.2) is 31.7 Å². The lowest BCUT2D eigenvalue weighted by Crippen LogP contribution is -2.11. The lowest BCUT2D eigenvalue weighted by Gasteiger charge is -2.09. The van der Waals surface area contributed by atoms with Crippen LogP contribution >= 0.6 is 8.25 Å². The minimum absolute atomic E-state index is 0.0817. The summed E-state index contributed by atoms with van der Waals surface area (Å²) < 4.78 is 69.0. The third-order valence-corrected chi connectivity index (χ3v) is 6.94. The number of pyridine rings is 2. The van der Waals surface area contributed by atoms with Crippen LogP contribution in [0.15, 0.2) is 70.7 Å². The Morgan fingerprint density at radius 1 is 0.688 bits per heavy atom. The van der Waals surface area contributed by atoms with Crippen LogP contribution in [0.3, 0.4) is 0 Å². The van der Waals surface area contributed by atoms with E-state index in [1.807, 2.05) is 0 Å². The van der Waals surface area contributed by atoms with E-state index in [9.17, 15) is 21.4 Å². The van der Waals surface area contributed by atoms with Crippen molar-refractivity contribution < 1.29 is 30.4 Å². The summed E-state index contributed by atoms with van der Waals surface area (Å²) in [6.45, 7) is 0. The molecule has 0 atom stereocenters. The maximum atomic E-state index is 12.4. The molecule has 4 rings (SSSR count). The van der Waals surface area contributed by atoms with Gasteiger partial charge >= 0.3 is 8.25 Å². The summed E-state index contributed by atoms with van der Waals surface area (Å²) in [5.74, 6) is 0.163. The molecule has 11 nitrogen and oxygen atoms in total. The highest BCUT2D eigenvalue weighted by molar-refractivity contribution is 7.89. The molecule has 0 aliphatic rings. The van der Waals surface area contributed by atoms with Gasteiger partial charge in [-0.05, 0) is 48.5 Å². The van der Waals surface area contributed by atoms with Gasteiger partial charge < -0.3 is 9.05 Å². The van der Waals surface area contributed by atoms with Gasteiger partial charge in [-0.1, -0.05) is 0 Å². The van der Waals surface area contributed by atoms with Crippen molar-refractivity contribution in [2.24, 2.45) is 10.3 Å². The van der Waals surface area contributed by atoms with Crippen molar-refractivity contribution in [1.82, 2.24) is 9.97 Å². The summed E-state index contributed by atoms with van der Waals surface area (Å²) in [4.78, 5) is 8.03. The van der Waals surface area contributed by atoms with E-state index in [1.54, 1.807) is 0 Å². The van der Waals surface area contributed by atoms with E-state index in [4.69, 9.17) is 19.3 Å². The van der Waals surface area contributed by atoms with E-state index >= 15 is 0 Å². The van der Waals surface area contributed by atoms with Crippen LogP contribution in [0.25, 0.3) is 21.8 Å². The monoisotopic (exact) mass is 494 g/mol. The fourth-order valence-corrected chi connectivity index (χ4v) is 4.61. The molecule has 32 heavy (non-hydrogen) atoms. The fourth-order valence-electron chi connectivity index (χ4n) is 2.86. The number of fused-ring (bicyclic) bond motifs is 2. The van der Waals surface area contributed by atoms with Gasteiger partial charge in [0.1, 0.15) is 11.5 Å². The van der Waals surface area contributed by atoms with Gasteiger partial charge in [0.05, 0.1) is 33.2 Å². The Labute approximate surface area is 183 Å². The highest BCUT2D eigenvalue weighted by Crippen LogP contribution is 2.33. The molecule has 0 aliphatic heterocycles. The molecule has 14 heteroatoms. The number of sulfonamides is 2. The van der Waals surface area contributed by atoms with E-state index in [0.717, 1.165) is 0 Å². The molecule has 2 aromatic carbocycles. The normalized spacial score (nSPS) is 12.3. The first kappa shape index (κ1) is 22.1. The molecule has 0 saturated carbocycles. The summed E-state index contributed by atoms with van der Waals surface area (Å²) >= 11 is 0. The molecule has 0 spiro atoms. The van der Waals surface area contributed by atoms with Crippen LogP contribution in [0.1, 0.15) is 0 Å². The van der Waals surface area contributed by atoms with Gasteiger partial charge in [0, 0.05) is 10.8 Å². The zero-order valence-corrected chi connectivity index (χ0v) is 18.6. The van der Waals surface area contributed by atoms with Crippen LogP contribution in [0.2, 0.25) is 0 Å². The number of nitrogens with zero attached hydrogens (tertiary/aromatic N) is 2. The molecule has 0 saturated heterocycles. The topological polar surface area (TPSA) is 182 Å². The molecule has 0 radical (unpaired) electrons. The molecule has 0 aliphatic carbocycles. The third-order valence-electron chi connectivity index (χ3n) is 4.31.